The summed E-state index contributed by atoms with van der Waals surface area (Å²) in [6.45, 7) is 6.48. The van der Waals surface area contributed by atoms with Crippen molar-refractivity contribution in [3.8, 4) is 0 Å². The number of methoxy groups -OCH3 is 1. The molecule has 1 heterocycles. The van der Waals surface area contributed by atoms with Gasteiger partial charge in [0.1, 0.15) is 0 Å². The van der Waals surface area contributed by atoms with Crippen molar-refractivity contribution >= 4 is 5.69 Å². The zero-order valence-electron chi connectivity index (χ0n) is 12.2. The van der Waals surface area contributed by atoms with Crippen molar-refractivity contribution in [2.24, 2.45) is 0 Å². The number of rotatable bonds is 4. The highest BCUT2D eigenvalue weighted by Crippen LogP contribution is 2.22. The molecule has 0 aromatic heterocycles. The molecule has 1 fully saturated rings. The summed E-state index contributed by atoms with van der Waals surface area (Å²) in [5.74, 6) is 0. The molecule has 0 bridgehead atoms. The van der Waals surface area contributed by atoms with Gasteiger partial charge in [0.25, 0.3) is 0 Å². The van der Waals surface area contributed by atoms with Crippen molar-refractivity contribution in [3.63, 3.8) is 0 Å². The average molecular weight is 262 g/mol. The van der Waals surface area contributed by atoms with Crippen LogP contribution in [0.3, 0.4) is 0 Å². The highest BCUT2D eigenvalue weighted by Gasteiger charge is 2.14. The topological polar surface area (TPSA) is 24.5 Å². The normalized spacial score (nSPS) is 20.9. The van der Waals surface area contributed by atoms with E-state index in [0.29, 0.717) is 6.04 Å². The quantitative estimate of drug-likeness (QED) is 0.902. The molecule has 0 saturated carbocycles. The predicted molar refractivity (Wildman–Crippen MR) is 80.9 cm³/mol. The molecule has 1 aromatic rings. The van der Waals surface area contributed by atoms with Gasteiger partial charge < -0.3 is 15.0 Å². The summed E-state index contributed by atoms with van der Waals surface area (Å²) in [4.78, 5) is 2.54. The number of nitrogens with one attached hydrogen (secondary N) is 1. The van der Waals surface area contributed by atoms with Crippen molar-refractivity contribution in [3.05, 3.63) is 29.8 Å². The molecule has 0 amide bonds. The van der Waals surface area contributed by atoms with Gasteiger partial charge in [0.05, 0.1) is 6.61 Å². The summed E-state index contributed by atoms with van der Waals surface area (Å²) >= 11 is 0. The Kier molecular flexibility index (Phi) is 5.67. The van der Waals surface area contributed by atoms with Crippen LogP contribution >= 0.6 is 0 Å². The zero-order valence-corrected chi connectivity index (χ0v) is 12.2. The van der Waals surface area contributed by atoms with Gasteiger partial charge in [0.15, 0.2) is 0 Å². The summed E-state index contributed by atoms with van der Waals surface area (Å²) in [5.41, 5.74) is 2.80. The van der Waals surface area contributed by atoms with Crippen molar-refractivity contribution in [2.45, 2.75) is 32.2 Å². The Balaban J connectivity index is 2.09. The second-order valence-electron chi connectivity index (χ2n) is 5.36. The second-order valence-corrected chi connectivity index (χ2v) is 5.36. The van der Waals surface area contributed by atoms with E-state index in [1.54, 1.807) is 7.11 Å². The van der Waals surface area contributed by atoms with Gasteiger partial charge in [-0.15, -0.1) is 0 Å². The minimum atomic E-state index is 0.619. The molecule has 0 spiro atoms. The molecule has 3 nitrogen and oxygen atoms in total. The van der Waals surface area contributed by atoms with Gasteiger partial charge in [-0.1, -0.05) is 18.2 Å². The lowest BCUT2D eigenvalue weighted by atomic mass is 10.1. The molecule has 2 rings (SSSR count). The number of nitrogens with zero attached hydrogens (tertiary/aromatic N) is 1. The first-order chi connectivity index (χ1) is 9.31. The summed E-state index contributed by atoms with van der Waals surface area (Å²) in [7, 11) is 1.77. The van der Waals surface area contributed by atoms with Gasteiger partial charge in [-0.25, -0.2) is 0 Å². The van der Waals surface area contributed by atoms with Crippen LogP contribution in [0, 0.1) is 0 Å². The van der Waals surface area contributed by atoms with Crippen LogP contribution in [0.5, 0.6) is 0 Å². The third-order valence-corrected chi connectivity index (χ3v) is 3.84. The van der Waals surface area contributed by atoms with Crippen LogP contribution < -0.4 is 10.2 Å². The molecule has 19 heavy (non-hydrogen) atoms. The fourth-order valence-electron chi connectivity index (χ4n) is 2.67. The van der Waals surface area contributed by atoms with E-state index in [0.717, 1.165) is 32.7 Å². The SMILES string of the molecule is COCCc1ccccc1N1CCCNC(C)CC1. The Labute approximate surface area is 116 Å². The molecule has 3 heteroatoms. The molecular weight excluding hydrogens is 236 g/mol. The smallest absolute Gasteiger partial charge is 0.0503 e. The van der Waals surface area contributed by atoms with Gasteiger partial charge in [0, 0.05) is 31.9 Å². The van der Waals surface area contributed by atoms with Crippen molar-refractivity contribution in [2.75, 3.05) is 38.3 Å². The van der Waals surface area contributed by atoms with E-state index in [1.807, 2.05) is 0 Å². The van der Waals surface area contributed by atoms with Gasteiger partial charge >= 0.3 is 0 Å². The monoisotopic (exact) mass is 262 g/mol. The Morgan fingerprint density at radius 3 is 3.00 bits per heavy atom. The largest absolute Gasteiger partial charge is 0.384 e. The molecule has 0 radical (unpaired) electrons. The van der Waals surface area contributed by atoms with Crippen LogP contribution in [0.25, 0.3) is 0 Å². The fraction of sp³-hybridized carbons (Fsp3) is 0.625. The number of hydrogen-bond acceptors (Lipinski definition) is 3. The first kappa shape index (κ1) is 14.4. The Morgan fingerprint density at radius 2 is 2.16 bits per heavy atom. The van der Waals surface area contributed by atoms with Crippen LogP contribution in [0.4, 0.5) is 5.69 Å². The van der Waals surface area contributed by atoms with E-state index in [9.17, 15) is 0 Å². The molecule has 1 unspecified atom stereocenters. The van der Waals surface area contributed by atoms with E-state index < -0.39 is 0 Å². The highest BCUT2D eigenvalue weighted by molar-refractivity contribution is 5.53. The molecular formula is C16H26N2O. The minimum absolute atomic E-state index is 0.619. The molecule has 1 aliphatic rings. The maximum atomic E-state index is 5.22. The molecule has 1 aromatic carbocycles. The lowest BCUT2D eigenvalue weighted by Gasteiger charge is -2.31. The lowest BCUT2D eigenvalue weighted by Crippen LogP contribution is -2.38. The maximum Gasteiger partial charge on any atom is 0.0503 e. The minimum Gasteiger partial charge on any atom is -0.384 e. The van der Waals surface area contributed by atoms with Gasteiger partial charge in [-0.05, 0) is 44.4 Å². The summed E-state index contributed by atoms with van der Waals surface area (Å²) < 4.78 is 5.22. The molecule has 1 aliphatic heterocycles. The van der Waals surface area contributed by atoms with Gasteiger partial charge in [-0.3, -0.25) is 0 Å². The number of hydrogen-bond donors (Lipinski definition) is 1. The summed E-state index contributed by atoms with van der Waals surface area (Å²) in [6.07, 6.45) is 3.42. The van der Waals surface area contributed by atoms with Crippen molar-refractivity contribution in [1.82, 2.24) is 5.32 Å². The van der Waals surface area contributed by atoms with Crippen LogP contribution in [0.1, 0.15) is 25.3 Å². The van der Waals surface area contributed by atoms with Crippen molar-refractivity contribution in [1.29, 1.82) is 0 Å². The van der Waals surface area contributed by atoms with Gasteiger partial charge in [-0.2, -0.15) is 0 Å². The third-order valence-electron chi connectivity index (χ3n) is 3.84. The molecule has 106 valence electrons. The average Bonchev–Trinajstić information content (AvgIpc) is 2.42. The van der Waals surface area contributed by atoms with E-state index in [2.05, 4.69) is 41.4 Å². The van der Waals surface area contributed by atoms with Gasteiger partial charge in [0.2, 0.25) is 0 Å². The molecule has 1 N–H and O–H groups in total. The number of anilines is 1. The van der Waals surface area contributed by atoms with Crippen LogP contribution in [-0.2, 0) is 11.2 Å². The van der Waals surface area contributed by atoms with E-state index in [4.69, 9.17) is 4.74 Å². The number of ether oxygens (including phenoxy) is 1. The Morgan fingerprint density at radius 1 is 1.32 bits per heavy atom. The highest BCUT2D eigenvalue weighted by atomic mass is 16.5. The molecule has 1 atom stereocenters. The standard InChI is InChI=1S/C16H26N2O/c1-14-8-12-18(11-5-10-17-14)16-7-4-3-6-15(16)9-13-19-2/h3-4,6-7,14,17H,5,8-13H2,1-2H3. The number of benzene rings is 1. The van der Waals surface area contributed by atoms with E-state index in [1.165, 1.54) is 24.1 Å². The van der Waals surface area contributed by atoms with Crippen LogP contribution in [-0.4, -0.2) is 39.4 Å². The number of para-hydroxylation sites is 1. The Bertz CT molecular complexity index is 381. The molecule has 0 aliphatic carbocycles. The lowest BCUT2D eigenvalue weighted by molar-refractivity contribution is 0.202. The summed E-state index contributed by atoms with van der Waals surface area (Å²) in [5, 5.41) is 3.56. The maximum absolute atomic E-state index is 5.22. The van der Waals surface area contributed by atoms with Crippen molar-refractivity contribution < 1.29 is 4.74 Å². The molecule has 1 saturated heterocycles. The van der Waals surface area contributed by atoms with E-state index >= 15 is 0 Å². The fourth-order valence-corrected chi connectivity index (χ4v) is 2.67. The first-order valence-electron chi connectivity index (χ1n) is 7.36. The Hall–Kier alpha value is -1.06. The first-order valence-corrected chi connectivity index (χ1v) is 7.36. The van der Waals surface area contributed by atoms with Crippen LogP contribution in [0.15, 0.2) is 24.3 Å². The van der Waals surface area contributed by atoms with Crippen LogP contribution in [0.2, 0.25) is 0 Å². The van der Waals surface area contributed by atoms with E-state index in [-0.39, 0.29) is 0 Å². The second kappa shape index (κ2) is 7.51. The third kappa shape index (κ3) is 4.22. The summed E-state index contributed by atoms with van der Waals surface area (Å²) in [6, 6.07) is 9.38. The zero-order chi connectivity index (χ0) is 13.5. The predicted octanol–water partition coefficient (Wildman–Crippen LogP) is 2.45.